The lowest BCUT2D eigenvalue weighted by Gasteiger charge is -2.27. The summed E-state index contributed by atoms with van der Waals surface area (Å²) >= 11 is 0. The average molecular weight is 248 g/mol. The first-order valence-electron chi connectivity index (χ1n) is 6.28. The second-order valence-electron chi connectivity index (χ2n) is 6.00. The van der Waals surface area contributed by atoms with Gasteiger partial charge in [0.15, 0.2) is 0 Å². The molecule has 0 bridgehead atoms. The molecule has 18 heavy (non-hydrogen) atoms. The zero-order valence-electron chi connectivity index (χ0n) is 12.3. The third-order valence-corrected chi connectivity index (χ3v) is 2.80. The van der Waals surface area contributed by atoms with Gasteiger partial charge in [0.05, 0.1) is 0 Å². The maximum Gasteiger partial charge on any atom is 0.253 e. The smallest absolute Gasteiger partial charge is 0.253 e. The maximum atomic E-state index is 12.3. The van der Waals surface area contributed by atoms with Crippen LogP contribution in [0.15, 0.2) is 18.2 Å². The number of amides is 1. The third-order valence-electron chi connectivity index (χ3n) is 2.80. The molecule has 3 heteroatoms. The highest BCUT2D eigenvalue weighted by Crippen LogP contribution is 2.19. The lowest BCUT2D eigenvalue weighted by molar-refractivity contribution is 0.0745. The van der Waals surface area contributed by atoms with E-state index in [4.69, 9.17) is 0 Å². The first kappa shape index (κ1) is 14.6. The number of rotatable bonds is 3. The molecule has 0 aliphatic carbocycles. The number of nitrogens with one attached hydrogen (secondary N) is 1. The highest BCUT2D eigenvalue weighted by molar-refractivity contribution is 5.96. The fraction of sp³-hybridized carbons (Fsp3) is 0.533. The Labute approximate surface area is 110 Å². The van der Waals surface area contributed by atoms with Crippen LogP contribution >= 0.6 is 0 Å². The van der Waals surface area contributed by atoms with Gasteiger partial charge in [-0.15, -0.1) is 0 Å². The molecular weight excluding hydrogens is 224 g/mol. The summed E-state index contributed by atoms with van der Waals surface area (Å²) in [5.74, 6) is 0.0880. The van der Waals surface area contributed by atoms with E-state index in [0.29, 0.717) is 0 Å². The lowest BCUT2D eigenvalue weighted by Crippen LogP contribution is -2.34. The van der Waals surface area contributed by atoms with Crippen LogP contribution < -0.4 is 5.32 Å². The van der Waals surface area contributed by atoms with Crippen LogP contribution in [0.1, 0.15) is 36.7 Å². The number of nitrogens with zero attached hydrogens (tertiary/aromatic N) is 1. The molecule has 0 aliphatic heterocycles. The minimum atomic E-state index is 0.0880. The molecule has 0 radical (unpaired) electrons. The van der Waals surface area contributed by atoms with E-state index in [-0.39, 0.29) is 11.3 Å². The van der Waals surface area contributed by atoms with Crippen molar-refractivity contribution in [1.29, 1.82) is 0 Å². The quantitative estimate of drug-likeness (QED) is 0.891. The second kappa shape index (κ2) is 5.42. The number of benzene rings is 1. The van der Waals surface area contributed by atoms with Crippen LogP contribution in [0, 0.1) is 12.3 Å². The molecule has 3 nitrogen and oxygen atoms in total. The monoisotopic (exact) mass is 248 g/mol. The van der Waals surface area contributed by atoms with Crippen molar-refractivity contribution in [2.45, 2.75) is 27.7 Å². The van der Waals surface area contributed by atoms with Gasteiger partial charge in [-0.25, -0.2) is 0 Å². The van der Waals surface area contributed by atoms with E-state index >= 15 is 0 Å². The van der Waals surface area contributed by atoms with Gasteiger partial charge in [0.1, 0.15) is 0 Å². The molecule has 100 valence electrons. The normalized spacial score (nSPS) is 11.2. The topological polar surface area (TPSA) is 32.3 Å². The Hall–Kier alpha value is -1.51. The van der Waals surface area contributed by atoms with Crippen LogP contribution in [0.4, 0.5) is 5.69 Å². The molecule has 0 heterocycles. The highest BCUT2D eigenvalue weighted by Gasteiger charge is 2.19. The predicted molar refractivity (Wildman–Crippen MR) is 77.1 cm³/mol. The van der Waals surface area contributed by atoms with Gasteiger partial charge in [0.25, 0.3) is 5.91 Å². The number of aryl methyl sites for hydroxylation is 1. The molecule has 0 unspecified atom stereocenters. The van der Waals surface area contributed by atoms with Gasteiger partial charge in [0.2, 0.25) is 0 Å². The fourth-order valence-corrected chi connectivity index (χ4v) is 2.05. The Morgan fingerprint density at radius 3 is 2.39 bits per heavy atom. The molecule has 1 aromatic carbocycles. The average Bonchev–Trinajstić information content (AvgIpc) is 2.25. The fourth-order valence-electron chi connectivity index (χ4n) is 2.05. The van der Waals surface area contributed by atoms with Crippen molar-refractivity contribution in [3.63, 3.8) is 0 Å². The van der Waals surface area contributed by atoms with Crippen molar-refractivity contribution in [2.75, 3.05) is 26.0 Å². The highest BCUT2D eigenvalue weighted by atomic mass is 16.2. The van der Waals surface area contributed by atoms with E-state index in [2.05, 4.69) is 26.1 Å². The molecule has 0 atom stereocenters. The molecule has 1 N–H and O–H groups in total. The van der Waals surface area contributed by atoms with E-state index in [0.717, 1.165) is 23.4 Å². The molecule has 0 saturated heterocycles. The van der Waals surface area contributed by atoms with Gasteiger partial charge in [-0.1, -0.05) is 20.8 Å². The van der Waals surface area contributed by atoms with Gasteiger partial charge >= 0.3 is 0 Å². The first-order chi connectivity index (χ1) is 8.24. The number of anilines is 1. The molecule has 0 saturated carbocycles. The molecule has 1 amide bonds. The summed E-state index contributed by atoms with van der Waals surface area (Å²) in [5.41, 5.74) is 2.93. The standard InChI is InChI=1S/C15H24N2O/c1-11-9-12(16-5)7-8-13(11)14(18)17(6)10-15(2,3)4/h7-9,16H,10H2,1-6H3. The summed E-state index contributed by atoms with van der Waals surface area (Å²) in [5, 5.41) is 3.08. The molecule has 0 aromatic heterocycles. The van der Waals surface area contributed by atoms with E-state index in [1.165, 1.54) is 0 Å². The van der Waals surface area contributed by atoms with Gasteiger partial charge < -0.3 is 10.2 Å². The summed E-state index contributed by atoms with van der Waals surface area (Å²) in [4.78, 5) is 14.1. The number of hydrogen-bond donors (Lipinski definition) is 1. The van der Waals surface area contributed by atoms with Gasteiger partial charge in [-0.3, -0.25) is 4.79 Å². The Morgan fingerprint density at radius 2 is 1.94 bits per heavy atom. The molecule has 0 aliphatic rings. The van der Waals surface area contributed by atoms with Gasteiger partial charge in [-0.05, 0) is 36.1 Å². The molecule has 1 aromatic rings. The minimum Gasteiger partial charge on any atom is -0.388 e. The minimum absolute atomic E-state index is 0.0880. The number of carbonyl (C=O) groups excluding carboxylic acids is 1. The van der Waals surface area contributed by atoms with Crippen molar-refractivity contribution in [1.82, 2.24) is 4.90 Å². The zero-order valence-corrected chi connectivity index (χ0v) is 12.3. The SMILES string of the molecule is CNc1ccc(C(=O)N(C)CC(C)(C)C)c(C)c1. The summed E-state index contributed by atoms with van der Waals surface area (Å²) in [6.45, 7) is 9.12. The summed E-state index contributed by atoms with van der Waals surface area (Å²) in [6.07, 6.45) is 0. The molecule has 0 fully saturated rings. The first-order valence-corrected chi connectivity index (χ1v) is 6.28. The molecular formula is C15H24N2O. The van der Waals surface area contributed by atoms with Crippen LogP contribution in [0.5, 0.6) is 0 Å². The number of hydrogen-bond acceptors (Lipinski definition) is 2. The van der Waals surface area contributed by atoms with Crippen molar-refractivity contribution in [2.24, 2.45) is 5.41 Å². The molecule has 0 spiro atoms. The number of carbonyl (C=O) groups is 1. The van der Waals surface area contributed by atoms with Crippen molar-refractivity contribution >= 4 is 11.6 Å². The Kier molecular flexibility index (Phi) is 4.38. The van der Waals surface area contributed by atoms with Crippen molar-refractivity contribution < 1.29 is 4.79 Å². The Bertz CT molecular complexity index is 433. The van der Waals surface area contributed by atoms with E-state index < -0.39 is 0 Å². The van der Waals surface area contributed by atoms with Gasteiger partial charge in [0, 0.05) is 31.9 Å². The van der Waals surface area contributed by atoms with E-state index in [1.807, 2.05) is 39.2 Å². The van der Waals surface area contributed by atoms with Crippen LogP contribution in [0.25, 0.3) is 0 Å². The maximum absolute atomic E-state index is 12.3. The van der Waals surface area contributed by atoms with Crippen LogP contribution in [-0.4, -0.2) is 31.4 Å². The zero-order chi connectivity index (χ0) is 13.9. The Morgan fingerprint density at radius 1 is 1.33 bits per heavy atom. The predicted octanol–water partition coefficient (Wildman–Crippen LogP) is 3.15. The largest absolute Gasteiger partial charge is 0.388 e. The van der Waals surface area contributed by atoms with E-state index in [9.17, 15) is 4.79 Å². The summed E-state index contributed by atoms with van der Waals surface area (Å²) in [7, 11) is 3.74. The summed E-state index contributed by atoms with van der Waals surface area (Å²) in [6, 6.07) is 5.83. The van der Waals surface area contributed by atoms with Gasteiger partial charge in [-0.2, -0.15) is 0 Å². The van der Waals surface area contributed by atoms with Crippen LogP contribution in [-0.2, 0) is 0 Å². The van der Waals surface area contributed by atoms with Crippen LogP contribution in [0.3, 0.4) is 0 Å². The Balaban J connectivity index is 2.90. The van der Waals surface area contributed by atoms with Crippen molar-refractivity contribution in [3.05, 3.63) is 29.3 Å². The summed E-state index contributed by atoms with van der Waals surface area (Å²) < 4.78 is 0. The third kappa shape index (κ3) is 3.76. The van der Waals surface area contributed by atoms with Crippen LogP contribution in [0.2, 0.25) is 0 Å². The second-order valence-corrected chi connectivity index (χ2v) is 6.00. The van der Waals surface area contributed by atoms with E-state index in [1.54, 1.807) is 4.90 Å². The molecule has 1 rings (SSSR count). The lowest BCUT2D eigenvalue weighted by atomic mass is 9.95. The van der Waals surface area contributed by atoms with Crippen molar-refractivity contribution in [3.8, 4) is 0 Å².